The summed E-state index contributed by atoms with van der Waals surface area (Å²) in [6.07, 6.45) is 2.17. The molecule has 4 nitrogen and oxygen atoms in total. The Labute approximate surface area is 121 Å². The van der Waals surface area contributed by atoms with Gasteiger partial charge < -0.3 is 20.1 Å². The molecule has 1 atom stereocenters. The second-order valence-corrected chi connectivity index (χ2v) is 5.51. The number of hydrogen-bond acceptors (Lipinski definition) is 4. The first-order valence-electron chi connectivity index (χ1n) is 7.54. The Kier molecular flexibility index (Phi) is 6.30. The first-order chi connectivity index (χ1) is 9.78. The largest absolute Gasteiger partial charge is 0.494 e. The molecule has 0 spiro atoms. The molecule has 0 saturated carbocycles. The summed E-state index contributed by atoms with van der Waals surface area (Å²) in [5.41, 5.74) is 1.23. The van der Waals surface area contributed by atoms with Gasteiger partial charge in [-0.3, -0.25) is 0 Å². The number of ether oxygens (including phenoxy) is 1. The first kappa shape index (κ1) is 15.3. The summed E-state index contributed by atoms with van der Waals surface area (Å²) >= 11 is 0. The van der Waals surface area contributed by atoms with Crippen molar-refractivity contribution in [2.24, 2.45) is 0 Å². The van der Waals surface area contributed by atoms with Crippen LogP contribution < -0.4 is 10.1 Å². The van der Waals surface area contributed by atoms with Crippen LogP contribution in [0.25, 0.3) is 0 Å². The fourth-order valence-electron chi connectivity index (χ4n) is 2.59. The van der Waals surface area contributed by atoms with Crippen molar-refractivity contribution in [1.82, 2.24) is 10.2 Å². The van der Waals surface area contributed by atoms with Crippen LogP contribution in [0.3, 0.4) is 0 Å². The van der Waals surface area contributed by atoms with Crippen molar-refractivity contribution in [1.29, 1.82) is 0 Å². The molecule has 0 bridgehead atoms. The number of benzene rings is 1. The Bertz CT molecular complexity index is 398. The second kappa shape index (κ2) is 8.25. The quantitative estimate of drug-likeness (QED) is 0.773. The van der Waals surface area contributed by atoms with Gasteiger partial charge in [-0.1, -0.05) is 12.1 Å². The van der Waals surface area contributed by atoms with E-state index < -0.39 is 0 Å². The molecule has 1 aromatic rings. The zero-order valence-corrected chi connectivity index (χ0v) is 12.3. The fraction of sp³-hybridized carbons (Fsp3) is 0.625. The summed E-state index contributed by atoms with van der Waals surface area (Å²) in [6, 6.07) is 8.39. The molecule has 2 rings (SSSR count). The van der Waals surface area contributed by atoms with Gasteiger partial charge in [-0.25, -0.2) is 0 Å². The lowest BCUT2D eigenvalue weighted by Gasteiger charge is -2.23. The molecule has 0 radical (unpaired) electrons. The van der Waals surface area contributed by atoms with E-state index in [4.69, 9.17) is 4.74 Å². The highest BCUT2D eigenvalue weighted by Crippen LogP contribution is 2.12. The van der Waals surface area contributed by atoms with E-state index >= 15 is 0 Å². The summed E-state index contributed by atoms with van der Waals surface area (Å²) < 4.78 is 5.77. The molecule has 0 aromatic heterocycles. The Hall–Kier alpha value is -1.10. The van der Waals surface area contributed by atoms with Crippen molar-refractivity contribution in [3.05, 3.63) is 29.8 Å². The van der Waals surface area contributed by atoms with Crippen molar-refractivity contribution in [2.75, 3.05) is 39.4 Å². The van der Waals surface area contributed by atoms with Crippen LogP contribution in [0, 0.1) is 6.92 Å². The van der Waals surface area contributed by atoms with E-state index in [1.54, 1.807) is 0 Å². The molecule has 1 fully saturated rings. The van der Waals surface area contributed by atoms with Crippen LogP contribution in [0.15, 0.2) is 24.3 Å². The van der Waals surface area contributed by atoms with Crippen LogP contribution in [-0.2, 0) is 0 Å². The molecule has 2 N–H and O–H groups in total. The lowest BCUT2D eigenvalue weighted by molar-refractivity contribution is 0.190. The number of aryl methyl sites for hydroxylation is 1. The average Bonchev–Trinajstić information content (AvgIpc) is 2.69. The molecule has 0 aliphatic carbocycles. The predicted molar refractivity (Wildman–Crippen MR) is 81.2 cm³/mol. The standard InChI is InChI=1S/C16H26N2O2/c1-14-5-2-6-16(11-14)20-10-4-9-18-8-3-7-17-15(12-18)13-19/h2,5-6,11,15,17,19H,3-4,7-10,12-13H2,1H3. The number of nitrogens with zero attached hydrogens (tertiary/aromatic N) is 1. The Morgan fingerprint density at radius 1 is 1.45 bits per heavy atom. The topological polar surface area (TPSA) is 44.7 Å². The van der Waals surface area contributed by atoms with Crippen LogP contribution in [-0.4, -0.2) is 55.4 Å². The molecule has 112 valence electrons. The maximum atomic E-state index is 9.27. The third kappa shape index (κ3) is 5.12. The van der Waals surface area contributed by atoms with Crippen LogP contribution in [0.2, 0.25) is 0 Å². The molecule has 1 heterocycles. The number of hydrogen-bond donors (Lipinski definition) is 2. The van der Waals surface area contributed by atoms with E-state index in [0.717, 1.165) is 51.4 Å². The highest BCUT2D eigenvalue weighted by Gasteiger charge is 2.16. The number of aliphatic hydroxyl groups is 1. The number of aliphatic hydroxyl groups excluding tert-OH is 1. The smallest absolute Gasteiger partial charge is 0.119 e. The Morgan fingerprint density at radius 3 is 3.15 bits per heavy atom. The second-order valence-electron chi connectivity index (χ2n) is 5.51. The third-order valence-corrected chi connectivity index (χ3v) is 3.66. The fourth-order valence-corrected chi connectivity index (χ4v) is 2.59. The van der Waals surface area contributed by atoms with Gasteiger partial charge in [0.05, 0.1) is 13.2 Å². The molecule has 4 heteroatoms. The zero-order valence-electron chi connectivity index (χ0n) is 12.3. The molecular formula is C16H26N2O2. The van der Waals surface area contributed by atoms with Gasteiger partial charge >= 0.3 is 0 Å². The Morgan fingerprint density at radius 2 is 2.35 bits per heavy atom. The maximum Gasteiger partial charge on any atom is 0.119 e. The van der Waals surface area contributed by atoms with Crippen LogP contribution in [0.4, 0.5) is 0 Å². The number of nitrogens with one attached hydrogen (secondary N) is 1. The van der Waals surface area contributed by atoms with Crippen LogP contribution in [0.5, 0.6) is 5.75 Å². The van der Waals surface area contributed by atoms with E-state index in [9.17, 15) is 5.11 Å². The molecule has 1 aliphatic heterocycles. The first-order valence-corrected chi connectivity index (χ1v) is 7.54. The lowest BCUT2D eigenvalue weighted by atomic mass is 10.2. The molecule has 20 heavy (non-hydrogen) atoms. The van der Waals surface area contributed by atoms with E-state index in [0.29, 0.717) is 0 Å². The van der Waals surface area contributed by atoms with Crippen LogP contribution in [0.1, 0.15) is 18.4 Å². The third-order valence-electron chi connectivity index (χ3n) is 3.66. The maximum absolute atomic E-state index is 9.27. The van der Waals surface area contributed by atoms with Crippen molar-refractivity contribution in [3.63, 3.8) is 0 Å². The van der Waals surface area contributed by atoms with Crippen molar-refractivity contribution < 1.29 is 9.84 Å². The highest BCUT2D eigenvalue weighted by atomic mass is 16.5. The summed E-state index contributed by atoms with van der Waals surface area (Å²) in [6.45, 7) is 7.11. The van der Waals surface area contributed by atoms with Gasteiger partial charge in [0, 0.05) is 19.1 Å². The van der Waals surface area contributed by atoms with E-state index in [-0.39, 0.29) is 12.6 Å². The predicted octanol–water partition coefficient (Wildman–Crippen LogP) is 1.42. The molecular weight excluding hydrogens is 252 g/mol. The van der Waals surface area contributed by atoms with Crippen molar-refractivity contribution in [3.8, 4) is 5.75 Å². The summed E-state index contributed by atoms with van der Waals surface area (Å²) in [4.78, 5) is 2.42. The molecule has 0 amide bonds. The average molecular weight is 278 g/mol. The minimum atomic E-state index is 0.218. The van der Waals surface area contributed by atoms with Gasteiger partial charge in [-0.2, -0.15) is 0 Å². The molecule has 1 aliphatic rings. The van der Waals surface area contributed by atoms with Crippen molar-refractivity contribution >= 4 is 0 Å². The summed E-state index contributed by atoms with van der Waals surface area (Å²) in [5, 5.41) is 12.6. The van der Waals surface area contributed by atoms with Crippen molar-refractivity contribution in [2.45, 2.75) is 25.8 Å². The van der Waals surface area contributed by atoms with Gasteiger partial charge in [-0.15, -0.1) is 0 Å². The SMILES string of the molecule is Cc1cccc(OCCCN2CCCNC(CO)C2)c1. The highest BCUT2D eigenvalue weighted by molar-refractivity contribution is 5.27. The Balaban J connectivity index is 1.67. The van der Waals surface area contributed by atoms with Gasteiger partial charge in [-0.05, 0) is 50.6 Å². The summed E-state index contributed by atoms with van der Waals surface area (Å²) in [5.74, 6) is 0.954. The van der Waals surface area contributed by atoms with E-state index in [2.05, 4.69) is 29.3 Å². The van der Waals surface area contributed by atoms with E-state index in [1.807, 2.05) is 12.1 Å². The number of rotatable bonds is 6. The van der Waals surface area contributed by atoms with Crippen LogP contribution >= 0.6 is 0 Å². The molecule has 1 aromatic carbocycles. The van der Waals surface area contributed by atoms with Gasteiger partial charge in [0.15, 0.2) is 0 Å². The van der Waals surface area contributed by atoms with Gasteiger partial charge in [0.25, 0.3) is 0 Å². The molecule has 1 unspecified atom stereocenters. The zero-order chi connectivity index (χ0) is 14.2. The monoisotopic (exact) mass is 278 g/mol. The van der Waals surface area contributed by atoms with Gasteiger partial charge in [0.1, 0.15) is 5.75 Å². The normalized spacial score (nSPS) is 20.6. The minimum Gasteiger partial charge on any atom is -0.494 e. The molecule has 1 saturated heterocycles. The summed E-state index contributed by atoms with van der Waals surface area (Å²) in [7, 11) is 0. The van der Waals surface area contributed by atoms with E-state index in [1.165, 1.54) is 5.56 Å². The van der Waals surface area contributed by atoms with Gasteiger partial charge in [0.2, 0.25) is 0 Å². The lowest BCUT2D eigenvalue weighted by Crippen LogP contribution is -2.40. The minimum absolute atomic E-state index is 0.218.